The van der Waals surface area contributed by atoms with Crippen LogP contribution in [0.4, 0.5) is 0 Å². The molecule has 0 heterocycles. The van der Waals surface area contributed by atoms with E-state index in [9.17, 15) is 32.2 Å². The number of benzene rings is 2. The van der Waals surface area contributed by atoms with Gasteiger partial charge in [0.15, 0.2) is 17.2 Å². The average Bonchev–Trinajstić information content (AvgIpc) is 2.31. The maximum Gasteiger partial charge on any atom is 0.500 e. The Bertz CT molecular complexity index is 975. The predicted octanol–water partition coefficient (Wildman–Crippen LogP) is 0.688. The molecule has 4 N–H and O–H groups in total. The molecule has 0 bridgehead atoms. The summed E-state index contributed by atoms with van der Waals surface area (Å²) in [5, 5.41) is 27.9. The second-order valence-electron chi connectivity index (χ2n) is 4.43. The Hall–Kier alpha value is -2.90. The van der Waals surface area contributed by atoms with Crippen LogP contribution >= 0.6 is 0 Å². The van der Waals surface area contributed by atoms with Crippen LogP contribution in [-0.4, -0.2) is 36.7 Å². The van der Waals surface area contributed by atoms with Crippen LogP contribution < -0.4 is 12.5 Å². The van der Waals surface area contributed by atoms with E-state index in [0.29, 0.717) is 0 Å². The van der Waals surface area contributed by atoms with Crippen LogP contribution in [0.3, 0.4) is 0 Å². The van der Waals surface area contributed by atoms with E-state index < -0.39 is 55.3 Å². The highest BCUT2D eigenvalue weighted by Gasteiger charge is 2.19. The van der Waals surface area contributed by atoms with Crippen molar-refractivity contribution in [3.05, 3.63) is 36.4 Å². The van der Waals surface area contributed by atoms with Crippen molar-refractivity contribution in [3.63, 3.8) is 0 Å². The average molecular weight is 394 g/mol. The van der Waals surface area contributed by atoms with Gasteiger partial charge in [-0.25, -0.2) is 0 Å². The summed E-state index contributed by atoms with van der Waals surface area (Å²) in [6.07, 6.45) is 0. The molecule has 0 spiro atoms. The fraction of sp³-hybridized carbons (Fsp3) is 0. The standard InChI is InChI=1S/C12H10O11S2/c13-7-1-8(14)3-10(2-7)22-25(19,20)23-12-5-9(15)4-11(6-12)21-24(16,17)18/h1-6,13-15H,(H,16,17,18). The summed E-state index contributed by atoms with van der Waals surface area (Å²) in [5.41, 5.74) is 0. The van der Waals surface area contributed by atoms with Crippen molar-refractivity contribution in [2.45, 2.75) is 0 Å². The molecule has 0 aliphatic heterocycles. The SMILES string of the molecule is O=S(=O)(O)Oc1cc(O)cc(OS(=O)(=O)Oc2cc(O)cc(O)c2)c1. The molecule has 0 radical (unpaired) electrons. The van der Waals surface area contributed by atoms with Crippen molar-refractivity contribution in [1.82, 2.24) is 0 Å². The second kappa shape index (κ2) is 6.54. The zero-order valence-electron chi connectivity index (χ0n) is 11.9. The van der Waals surface area contributed by atoms with Gasteiger partial charge in [0.25, 0.3) is 0 Å². The van der Waals surface area contributed by atoms with Gasteiger partial charge >= 0.3 is 20.8 Å². The maximum absolute atomic E-state index is 11.8. The highest BCUT2D eigenvalue weighted by Crippen LogP contribution is 2.30. The number of hydrogen-bond acceptors (Lipinski definition) is 10. The molecule has 0 atom stereocenters. The monoisotopic (exact) mass is 394 g/mol. The van der Waals surface area contributed by atoms with Gasteiger partial charge in [-0.2, -0.15) is 8.42 Å². The summed E-state index contributed by atoms with van der Waals surface area (Å²) in [4.78, 5) is 0. The fourth-order valence-corrected chi connectivity index (χ4v) is 2.68. The Morgan fingerprint density at radius 2 is 0.960 bits per heavy atom. The van der Waals surface area contributed by atoms with Crippen molar-refractivity contribution >= 4 is 20.8 Å². The zero-order valence-corrected chi connectivity index (χ0v) is 13.6. The van der Waals surface area contributed by atoms with E-state index in [1.54, 1.807) is 0 Å². The van der Waals surface area contributed by atoms with E-state index in [1.807, 2.05) is 0 Å². The maximum atomic E-state index is 11.8. The Labute approximate surface area is 141 Å². The van der Waals surface area contributed by atoms with Crippen LogP contribution in [0.1, 0.15) is 0 Å². The van der Waals surface area contributed by atoms with Gasteiger partial charge in [0.05, 0.1) is 0 Å². The molecule has 2 rings (SSSR count). The van der Waals surface area contributed by atoms with Crippen LogP contribution in [-0.2, 0) is 20.8 Å². The van der Waals surface area contributed by atoms with E-state index >= 15 is 0 Å². The quantitative estimate of drug-likeness (QED) is 0.507. The van der Waals surface area contributed by atoms with Crippen LogP contribution in [0.25, 0.3) is 0 Å². The highest BCUT2D eigenvalue weighted by atomic mass is 32.3. The Kier molecular flexibility index (Phi) is 4.82. The third-order valence-corrected chi connectivity index (χ3v) is 3.54. The lowest BCUT2D eigenvalue weighted by Gasteiger charge is -2.10. The smallest absolute Gasteiger partial charge is 0.500 e. The van der Waals surface area contributed by atoms with Gasteiger partial charge in [0, 0.05) is 36.4 Å². The number of phenolic OH excluding ortho intramolecular Hbond substituents is 3. The van der Waals surface area contributed by atoms with Crippen LogP contribution in [0.5, 0.6) is 34.5 Å². The Morgan fingerprint density at radius 3 is 1.40 bits per heavy atom. The van der Waals surface area contributed by atoms with Crippen molar-refractivity contribution in [1.29, 1.82) is 0 Å². The molecule has 0 aliphatic rings. The van der Waals surface area contributed by atoms with Gasteiger partial charge in [0.1, 0.15) is 17.2 Å². The molecule has 136 valence electrons. The van der Waals surface area contributed by atoms with Crippen LogP contribution in [0.15, 0.2) is 36.4 Å². The molecule has 2 aromatic carbocycles. The summed E-state index contributed by atoms with van der Waals surface area (Å²) in [6, 6.07) is 4.95. The molecule has 0 saturated heterocycles. The van der Waals surface area contributed by atoms with E-state index in [0.717, 1.165) is 36.4 Å². The predicted molar refractivity (Wildman–Crippen MR) is 80.2 cm³/mol. The summed E-state index contributed by atoms with van der Waals surface area (Å²) in [5.74, 6) is -3.32. The third kappa shape index (κ3) is 5.91. The van der Waals surface area contributed by atoms with Crippen molar-refractivity contribution in [2.75, 3.05) is 0 Å². The third-order valence-electron chi connectivity index (χ3n) is 2.34. The largest absolute Gasteiger partial charge is 0.508 e. The van der Waals surface area contributed by atoms with Gasteiger partial charge in [-0.1, -0.05) is 0 Å². The molecule has 0 amide bonds. The number of hydrogen-bond donors (Lipinski definition) is 4. The molecular formula is C12H10O11S2. The summed E-state index contributed by atoms with van der Waals surface area (Å²) in [6.45, 7) is 0. The van der Waals surface area contributed by atoms with E-state index in [-0.39, 0.29) is 0 Å². The van der Waals surface area contributed by atoms with Crippen molar-refractivity contribution in [3.8, 4) is 34.5 Å². The van der Waals surface area contributed by atoms with E-state index in [1.165, 1.54) is 0 Å². The molecular weight excluding hydrogens is 384 g/mol. The molecule has 0 saturated carbocycles. The van der Waals surface area contributed by atoms with Gasteiger partial charge in [-0.05, 0) is 0 Å². The second-order valence-corrected chi connectivity index (χ2v) is 6.61. The topological polar surface area (TPSA) is 177 Å². The van der Waals surface area contributed by atoms with Crippen LogP contribution in [0.2, 0.25) is 0 Å². The van der Waals surface area contributed by atoms with Gasteiger partial charge in [-0.15, -0.1) is 8.42 Å². The lowest BCUT2D eigenvalue weighted by molar-refractivity contribution is 0.380. The normalized spacial score (nSPS) is 11.7. The minimum absolute atomic E-state index is 0.480. The number of phenols is 3. The van der Waals surface area contributed by atoms with Gasteiger partial charge in [-0.3, -0.25) is 4.55 Å². The lowest BCUT2D eigenvalue weighted by atomic mass is 10.3. The first-order valence-electron chi connectivity index (χ1n) is 6.10. The lowest BCUT2D eigenvalue weighted by Crippen LogP contribution is -2.16. The fourth-order valence-electron chi connectivity index (χ4n) is 1.64. The first kappa shape index (κ1) is 18.4. The van der Waals surface area contributed by atoms with Crippen molar-refractivity contribution in [2.24, 2.45) is 0 Å². The minimum atomic E-state index is -4.92. The summed E-state index contributed by atoms with van der Waals surface area (Å²) in [7, 11) is -9.71. The molecule has 2 aromatic rings. The highest BCUT2D eigenvalue weighted by molar-refractivity contribution is 7.82. The molecule has 11 nitrogen and oxygen atoms in total. The molecule has 13 heteroatoms. The van der Waals surface area contributed by atoms with Gasteiger partial charge < -0.3 is 27.9 Å². The molecule has 25 heavy (non-hydrogen) atoms. The summed E-state index contributed by atoms with van der Waals surface area (Å²) < 4.78 is 66.5. The number of aromatic hydroxyl groups is 3. The minimum Gasteiger partial charge on any atom is -0.508 e. The first-order chi connectivity index (χ1) is 11.4. The molecule has 0 aliphatic carbocycles. The van der Waals surface area contributed by atoms with Crippen LogP contribution in [0, 0.1) is 0 Å². The molecule has 0 fully saturated rings. The molecule has 0 unspecified atom stereocenters. The van der Waals surface area contributed by atoms with Crippen molar-refractivity contribution < 1.29 is 49.3 Å². The Balaban J connectivity index is 2.25. The first-order valence-corrected chi connectivity index (χ1v) is 8.80. The van der Waals surface area contributed by atoms with E-state index in [4.69, 9.17) is 4.55 Å². The van der Waals surface area contributed by atoms with E-state index in [2.05, 4.69) is 12.5 Å². The zero-order chi connectivity index (χ0) is 18.8. The van der Waals surface area contributed by atoms with Gasteiger partial charge in [0.2, 0.25) is 0 Å². The summed E-state index contributed by atoms with van der Waals surface area (Å²) >= 11 is 0. The molecule has 0 aromatic heterocycles. The Morgan fingerprint density at radius 1 is 0.600 bits per heavy atom. The number of rotatable bonds is 6.